The van der Waals surface area contributed by atoms with E-state index in [9.17, 15) is 9.36 Å². The van der Waals surface area contributed by atoms with Gasteiger partial charge in [0.1, 0.15) is 5.31 Å². The van der Waals surface area contributed by atoms with E-state index in [1.165, 1.54) is 12.3 Å². The second-order valence-corrected chi connectivity index (χ2v) is 2.75. The molecule has 4 nitrogen and oxygen atoms in total. The van der Waals surface area contributed by atoms with Gasteiger partial charge in [0.15, 0.2) is 8.46 Å². The van der Waals surface area contributed by atoms with Gasteiger partial charge in [-0.15, -0.1) is 0 Å². The van der Waals surface area contributed by atoms with Crippen molar-refractivity contribution in [1.82, 2.24) is 5.01 Å². The molecule has 0 unspecified atom stereocenters. The molecule has 2 N–H and O–H groups in total. The Kier molecular flexibility index (Phi) is 2.91. The quantitative estimate of drug-likeness (QED) is 0.373. The van der Waals surface area contributed by atoms with Crippen molar-refractivity contribution in [3.63, 3.8) is 0 Å². The van der Waals surface area contributed by atoms with E-state index in [2.05, 4.69) is 0 Å². The van der Waals surface area contributed by atoms with E-state index in [0.29, 0.717) is 0 Å². The van der Waals surface area contributed by atoms with Crippen LogP contribution in [-0.2, 0) is 9.36 Å². The monoisotopic (exact) mass is 182 g/mol. The van der Waals surface area contributed by atoms with Gasteiger partial charge in [-0.1, -0.05) is 12.2 Å². The molecular weight excluding hydrogens is 175 g/mol. The zero-order valence-electron chi connectivity index (χ0n) is 6.18. The topological polar surface area (TPSA) is 63.4 Å². The molecule has 0 aromatic rings. The molecule has 0 saturated heterocycles. The fourth-order valence-corrected chi connectivity index (χ4v) is 1.03. The van der Waals surface area contributed by atoms with E-state index >= 15 is 0 Å². The number of hydrogen-bond acceptors (Lipinski definition) is 3. The summed E-state index contributed by atoms with van der Waals surface area (Å²) >= 11 is 0. The van der Waals surface area contributed by atoms with E-state index in [1.807, 2.05) is 0 Å². The minimum Gasteiger partial charge on any atom is -0.269 e. The molecule has 0 fully saturated rings. The molecule has 0 spiro atoms. The van der Waals surface area contributed by atoms with Crippen LogP contribution in [0.5, 0.6) is 0 Å². The van der Waals surface area contributed by atoms with Crippen molar-refractivity contribution in [1.29, 1.82) is 0 Å². The molecule has 1 amide bonds. The summed E-state index contributed by atoms with van der Waals surface area (Å²) in [7, 11) is -0.322. The maximum Gasteiger partial charge on any atom is 0.279 e. The summed E-state index contributed by atoms with van der Waals surface area (Å²) in [6.45, 7) is 0. The van der Waals surface area contributed by atoms with Gasteiger partial charge in [-0.2, -0.15) is 0 Å². The maximum absolute atomic E-state index is 11.2. The first-order valence-corrected chi connectivity index (χ1v) is 4.03. The van der Waals surface area contributed by atoms with Gasteiger partial charge in [0.05, 0.1) is 0 Å². The Balaban J connectivity index is 3.01. The van der Waals surface area contributed by atoms with E-state index in [-0.39, 0.29) is 13.8 Å². The Bertz CT molecular complexity index is 294. The number of nitrogens with two attached hydrogens (primary N) is 1. The molecule has 0 aromatic heterocycles. The van der Waals surface area contributed by atoms with Crippen LogP contribution in [-0.4, -0.2) is 10.9 Å². The molecule has 0 bridgehead atoms. The minimum atomic E-state index is -0.465. The van der Waals surface area contributed by atoms with Crippen LogP contribution >= 0.6 is 8.46 Å². The van der Waals surface area contributed by atoms with Crippen LogP contribution in [0, 0.1) is 0 Å². The fraction of sp³-hybridized carbons (Fsp3) is 0. The molecule has 1 aliphatic rings. The number of rotatable bonds is 1. The number of amides is 1. The third kappa shape index (κ3) is 1.87. The van der Waals surface area contributed by atoms with E-state index in [1.54, 1.807) is 18.2 Å². The molecule has 0 atom stereocenters. The Morgan fingerprint density at radius 1 is 1.33 bits per heavy atom. The van der Waals surface area contributed by atoms with Gasteiger partial charge in [-0.05, 0) is 12.2 Å². The number of allylic oxidation sites excluding steroid dienone is 4. The summed E-state index contributed by atoms with van der Waals surface area (Å²) in [5.74, 6) is 4.83. The molecule has 0 saturated carbocycles. The number of carbonyl (C=O) groups is 1. The molecule has 0 aliphatic carbocycles. The summed E-state index contributed by atoms with van der Waals surface area (Å²) in [6, 6.07) is 0. The average molecular weight is 182 g/mol. The first-order chi connectivity index (χ1) is 5.75. The van der Waals surface area contributed by atoms with Crippen molar-refractivity contribution in [2.24, 2.45) is 5.84 Å². The van der Waals surface area contributed by atoms with E-state index < -0.39 is 5.91 Å². The highest BCUT2D eigenvalue weighted by atomic mass is 31.1. The first kappa shape index (κ1) is 8.84. The molecule has 62 valence electrons. The van der Waals surface area contributed by atoms with Crippen molar-refractivity contribution in [2.45, 2.75) is 0 Å². The number of carbonyl (C=O) groups excluding carboxylic acids is 1. The highest BCUT2D eigenvalue weighted by molar-refractivity contribution is 7.31. The lowest BCUT2D eigenvalue weighted by Crippen LogP contribution is -2.32. The van der Waals surface area contributed by atoms with Gasteiger partial charge >= 0.3 is 0 Å². The van der Waals surface area contributed by atoms with Crippen molar-refractivity contribution in [3.05, 3.63) is 35.8 Å². The number of nitrogens with zero attached hydrogens (tertiary/aromatic N) is 1. The van der Waals surface area contributed by atoms with Crippen molar-refractivity contribution in [2.75, 3.05) is 0 Å². The van der Waals surface area contributed by atoms with Gasteiger partial charge in [-0.25, -0.2) is 5.84 Å². The van der Waals surface area contributed by atoms with Gasteiger partial charge in [0, 0.05) is 6.20 Å². The van der Waals surface area contributed by atoms with Crippen molar-refractivity contribution < 1.29 is 9.36 Å². The second-order valence-electron chi connectivity index (χ2n) is 2.08. The second kappa shape index (κ2) is 3.95. The average Bonchev–Trinajstić information content (AvgIpc) is 2.07. The third-order valence-electron chi connectivity index (χ3n) is 1.27. The van der Waals surface area contributed by atoms with Crippen molar-refractivity contribution >= 4 is 14.4 Å². The number of hydrazine groups is 1. The third-order valence-corrected chi connectivity index (χ3v) is 1.81. The molecular formula is C7H7N2O2P. The van der Waals surface area contributed by atoms with Gasteiger partial charge in [-0.3, -0.25) is 14.4 Å². The Morgan fingerprint density at radius 2 is 2.08 bits per heavy atom. The number of hydrogen-bond donors (Lipinski definition) is 1. The maximum atomic E-state index is 11.2. The molecule has 1 rings (SSSR count). The van der Waals surface area contributed by atoms with Crippen LogP contribution < -0.4 is 5.84 Å². The van der Waals surface area contributed by atoms with Crippen LogP contribution in [0.2, 0.25) is 0 Å². The zero-order chi connectivity index (χ0) is 8.97. The summed E-state index contributed by atoms with van der Waals surface area (Å²) < 4.78 is 10.4. The van der Waals surface area contributed by atoms with E-state index in [4.69, 9.17) is 5.84 Å². The Hall–Kier alpha value is -1.25. The molecule has 1 heterocycles. The fourth-order valence-electron chi connectivity index (χ4n) is 0.694. The highest BCUT2D eigenvalue weighted by Gasteiger charge is 2.13. The molecule has 5 heteroatoms. The van der Waals surface area contributed by atoms with Crippen LogP contribution in [0.1, 0.15) is 0 Å². The van der Waals surface area contributed by atoms with Crippen LogP contribution in [0.15, 0.2) is 35.8 Å². The van der Waals surface area contributed by atoms with Crippen LogP contribution in [0.3, 0.4) is 0 Å². The SMILES string of the molecule is NN1\C=C/C=C\C=C(\P=O)C1=O. The predicted molar refractivity (Wildman–Crippen MR) is 45.0 cm³/mol. The Labute approximate surface area is 71.2 Å². The van der Waals surface area contributed by atoms with Crippen LogP contribution in [0.4, 0.5) is 0 Å². The molecule has 1 aliphatic heterocycles. The molecule has 0 aromatic carbocycles. The van der Waals surface area contributed by atoms with Crippen LogP contribution in [0.25, 0.3) is 0 Å². The highest BCUT2D eigenvalue weighted by Crippen LogP contribution is 2.15. The summed E-state index contributed by atoms with van der Waals surface area (Å²) in [6.07, 6.45) is 7.79. The molecule has 0 radical (unpaired) electrons. The normalized spacial score (nSPS) is 27.2. The van der Waals surface area contributed by atoms with Gasteiger partial charge < -0.3 is 0 Å². The van der Waals surface area contributed by atoms with Gasteiger partial charge in [0.2, 0.25) is 0 Å². The summed E-state index contributed by atoms with van der Waals surface area (Å²) in [5, 5.41) is 1.03. The Morgan fingerprint density at radius 3 is 2.75 bits per heavy atom. The lowest BCUT2D eigenvalue weighted by molar-refractivity contribution is -0.124. The van der Waals surface area contributed by atoms with E-state index in [0.717, 1.165) is 5.01 Å². The minimum absolute atomic E-state index is 0.137. The smallest absolute Gasteiger partial charge is 0.269 e. The summed E-state index contributed by atoms with van der Waals surface area (Å²) in [4.78, 5) is 11.2. The lowest BCUT2D eigenvalue weighted by atomic mass is 10.3. The molecule has 12 heavy (non-hydrogen) atoms. The predicted octanol–water partition coefficient (Wildman–Crippen LogP) is 0.948. The summed E-state index contributed by atoms with van der Waals surface area (Å²) in [5.41, 5.74) is 0. The first-order valence-electron chi connectivity index (χ1n) is 3.22. The van der Waals surface area contributed by atoms with Gasteiger partial charge in [0.25, 0.3) is 5.91 Å². The van der Waals surface area contributed by atoms with Crippen molar-refractivity contribution in [3.8, 4) is 0 Å². The standard InChI is InChI=1S/C7H7N2O2P/c8-9-5-3-1-2-4-6(12-11)7(9)10/h1-5H,8H2/b2-1-,5-3-,6-4+. The zero-order valence-corrected chi connectivity index (χ0v) is 7.07. The lowest BCUT2D eigenvalue weighted by Gasteiger charge is -2.10. The largest absolute Gasteiger partial charge is 0.279 e.